The van der Waals surface area contributed by atoms with Gasteiger partial charge in [-0.3, -0.25) is 47.9 Å². The lowest BCUT2D eigenvalue weighted by Crippen LogP contribution is -2.62. The van der Waals surface area contributed by atoms with E-state index in [0.717, 1.165) is 0 Å². The number of carboxylic acids is 1. The smallest absolute Gasteiger partial charge is 0.326 e. The zero-order chi connectivity index (χ0) is 49.6. The molecule has 1 aliphatic heterocycles. The summed E-state index contributed by atoms with van der Waals surface area (Å²) in [6.07, 6.45) is 0.384. The van der Waals surface area contributed by atoms with Crippen molar-refractivity contribution >= 4 is 76.8 Å². The lowest BCUT2D eigenvalue weighted by atomic mass is 9.96. The Morgan fingerprint density at radius 1 is 0.708 bits per heavy atom. The van der Waals surface area contributed by atoms with Crippen LogP contribution in [-0.4, -0.2) is 160 Å². The van der Waals surface area contributed by atoms with Crippen molar-refractivity contribution < 1.29 is 63.0 Å². The third-order valence-corrected chi connectivity index (χ3v) is 11.1. The number of aliphatic hydroxyl groups excluding tert-OH is 1. The number of carboxylic acid groups (broad SMARTS) is 1. The van der Waals surface area contributed by atoms with Crippen LogP contribution in [0.2, 0.25) is 0 Å². The van der Waals surface area contributed by atoms with Gasteiger partial charge in [-0.05, 0) is 69.3 Å². The first-order chi connectivity index (χ1) is 30.4. The van der Waals surface area contributed by atoms with E-state index < -0.39 is 132 Å². The highest BCUT2D eigenvalue weighted by Gasteiger charge is 2.38. The quantitative estimate of drug-likeness (QED) is 0.0325. The number of carbonyl (C=O) groups is 11. The molecule has 0 aromatic rings. The van der Waals surface area contributed by atoms with Gasteiger partial charge in [0.25, 0.3) is 0 Å². The fraction of sp³-hybridized carbons (Fsp3) is 0.725. The molecule has 0 radical (unpaired) electrons. The summed E-state index contributed by atoms with van der Waals surface area (Å²) in [4.78, 5) is 142. The predicted molar refractivity (Wildman–Crippen MR) is 236 cm³/mol. The molecule has 24 nitrogen and oxygen atoms in total. The average molecular weight is 944 g/mol. The molecule has 0 aliphatic carbocycles. The first-order valence-corrected chi connectivity index (χ1v) is 22.9. The molecule has 1 heterocycles. The maximum absolute atomic E-state index is 13.8. The summed E-state index contributed by atoms with van der Waals surface area (Å²) in [6.45, 7) is 7.12. The second-order valence-corrected chi connectivity index (χ2v) is 17.4. The summed E-state index contributed by atoms with van der Waals surface area (Å²) in [5, 5.41) is 37.1. The van der Waals surface area contributed by atoms with Crippen molar-refractivity contribution in [3.63, 3.8) is 0 Å². The van der Waals surface area contributed by atoms with Crippen LogP contribution in [0, 0.1) is 11.8 Å². The number of likely N-dealkylation sites (tertiary alicyclic amines) is 1. The monoisotopic (exact) mass is 943 g/mol. The van der Waals surface area contributed by atoms with Gasteiger partial charge in [-0.25, -0.2) is 4.79 Å². The molecule has 0 bridgehead atoms. The first-order valence-electron chi connectivity index (χ1n) is 21.5. The van der Waals surface area contributed by atoms with Crippen LogP contribution in [0.3, 0.4) is 0 Å². The van der Waals surface area contributed by atoms with E-state index in [1.165, 1.54) is 23.6 Å². The molecular weight excluding hydrogens is 875 g/mol. The molecule has 1 saturated heterocycles. The molecule has 10 amide bonds. The Hall–Kier alpha value is -5.56. The summed E-state index contributed by atoms with van der Waals surface area (Å²) in [5.41, 5.74) is 16.3. The number of rotatable bonds is 30. The second kappa shape index (κ2) is 29.1. The highest BCUT2D eigenvalue weighted by molar-refractivity contribution is 7.98. The zero-order valence-electron chi connectivity index (χ0n) is 37.9. The Morgan fingerprint density at radius 2 is 1.28 bits per heavy atom. The van der Waals surface area contributed by atoms with Crippen molar-refractivity contribution in [1.29, 1.82) is 0 Å². The van der Waals surface area contributed by atoms with E-state index in [0.29, 0.717) is 25.0 Å². The third-order valence-electron chi connectivity index (χ3n) is 10.5. The SMILES string of the molecule is CC[C@H](C)[C@H](NC(=O)[C@@H](NC(=O)[C@H](CCC(N)=O)NC(=O)[C@@H]1CCCN1C(=O)CNC(=O)[C@@H](N)CCSC)[C@@H](C)O)C(=O)N[C@@H](CC(C)C)C(=O)NCC(=O)N[C@@H](CCC(N)=O)C(=O)O. The number of aliphatic carboxylic acids is 1. The van der Waals surface area contributed by atoms with Crippen LogP contribution < -0.4 is 54.4 Å². The number of carbonyl (C=O) groups excluding carboxylic acids is 10. The zero-order valence-corrected chi connectivity index (χ0v) is 38.8. The molecule has 0 spiro atoms. The van der Waals surface area contributed by atoms with Gasteiger partial charge in [-0.15, -0.1) is 0 Å². The Kier molecular flexibility index (Phi) is 25.7. The summed E-state index contributed by atoms with van der Waals surface area (Å²) in [5.74, 6) is -9.57. The van der Waals surface area contributed by atoms with Crippen LogP contribution in [-0.2, 0) is 52.7 Å². The number of primary amides is 2. The number of amides is 10. The van der Waals surface area contributed by atoms with Crippen LogP contribution in [0.4, 0.5) is 0 Å². The summed E-state index contributed by atoms with van der Waals surface area (Å²) >= 11 is 1.51. The van der Waals surface area contributed by atoms with Crippen molar-refractivity contribution in [3.05, 3.63) is 0 Å². The van der Waals surface area contributed by atoms with Gasteiger partial charge < -0.3 is 69.5 Å². The van der Waals surface area contributed by atoms with Crippen molar-refractivity contribution in [2.75, 3.05) is 31.6 Å². The topological polar surface area (TPSA) is 394 Å². The number of hydrogen-bond donors (Lipinski definition) is 12. The summed E-state index contributed by atoms with van der Waals surface area (Å²) in [7, 11) is 0. The summed E-state index contributed by atoms with van der Waals surface area (Å²) in [6, 6.07) is -9.15. The molecular formula is C40H69N11O13S. The van der Waals surface area contributed by atoms with E-state index in [-0.39, 0.29) is 51.0 Å². The van der Waals surface area contributed by atoms with Crippen molar-refractivity contribution in [1.82, 2.24) is 42.1 Å². The minimum absolute atomic E-state index is 0.0675. The second-order valence-electron chi connectivity index (χ2n) is 16.4. The van der Waals surface area contributed by atoms with E-state index in [9.17, 15) is 63.0 Å². The van der Waals surface area contributed by atoms with Crippen LogP contribution in [0.1, 0.15) is 92.4 Å². The lowest BCUT2D eigenvalue weighted by molar-refractivity contribution is -0.142. The van der Waals surface area contributed by atoms with Crippen LogP contribution in [0.5, 0.6) is 0 Å². The normalized spacial score (nSPS) is 17.1. The molecule has 0 unspecified atom stereocenters. The number of nitrogens with zero attached hydrogens (tertiary/aromatic N) is 1. The van der Waals surface area contributed by atoms with E-state index >= 15 is 0 Å². The molecule has 0 aromatic heterocycles. The van der Waals surface area contributed by atoms with E-state index in [1.54, 1.807) is 27.7 Å². The van der Waals surface area contributed by atoms with Crippen LogP contribution in [0.15, 0.2) is 0 Å². The molecule has 1 rings (SSSR count). The Labute approximate surface area is 382 Å². The van der Waals surface area contributed by atoms with Gasteiger partial charge >= 0.3 is 5.97 Å². The van der Waals surface area contributed by atoms with Gasteiger partial charge in [0.05, 0.1) is 25.2 Å². The van der Waals surface area contributed by atoms with Gasteiger partial charge in [-0.2, -0.15) is 11.8 Å². The van der Waals surface area contributed by atoms with Gasteiger partial charge in [0.1, 0.15) is 36.3 Å². The predicted octanol–water partition coefficient (Wildman–Crippen LogP) is -4.20. The number of aliphatic hydroxyl groups is 1. The van der Waals surface area contributed by atoms with Crippen LogP contribution in [0.25, 0.3) is 0 Å². The molecule has 0 aromatic carbocycles. The fourth-order valence-electron chi connectivity index (χ4n) is 6.58. The fourth-order valence-corrected chi connectivity index (χ4v) is 7.07. The van der Waals surface area contributed by atoms with Gasteiger partial charge in [-0.1, -0.05) is 34.1 Å². The molecule has 0 saturated carbocycles. The van der Waals surface area contributed by atoms with Gasteiger partial charge in [0, 0.05) is 19.4 Å². The molecule has 1 fully saturated rings. The molecule has 9 atom stereocenters. The van der Waals surface area contributed by atoms with Gasteiger partial charge in [0.15, 0.2) is 0 Å². The van der Waals surface area contributed by atoms with E-state index in [4.69, 9.17) is 17.2 Å². The lowest BCUT2D eigenvalue weighted by Gasteiger charge is -2.30. The van der Waals surface area contributed by atoms with Crippen LogP contribution >= 0.6 is 11.8 Å². The third kappa shape index (κ3) is 20.9. The average Bonchev–Trinajstić information content (AvgIpc) is 3.74. The van der Waals surface area contributed by atoms with Gasteiger partial charge in [0.2, 0.25) is 59.1 Å². The molecule has 368 valence electrons. The Morgan fingerprint density at radius 3 is 1.82 bits per heavy atom. The molecule has 65 heavy (non-hydrogen) atoms. The molecule has 25 heteroatoms. The first kappa shape index (κ1) is 57.5. The summed E-state index contributed by atoms with van der Waals surface area (Å²) < 4.78 is 0. The van der Waals surface area contributed by atoms with Crippen molar-refractivity contribution in [2.45, 2.75) is 141 Å². The Balaban J connectivity index is 3.17. The standard InChI is InChI=1S/C40H69N11O13S/c1-7-21(4)32(38(61)48-26(17-20(2)3)35(58)44-18-30(55)46-25(40(63)64)11-13-29(43)54)49-39(62)33(22(5)52)50-36(59)24(10-12-28(42)53)47-37(60)27-9-8-15-51(27)31(56)19-45-34(57)23(41)14-16-65-6/h20-27,32-33,52H,7-19,41H2,1-6H3,(H2,42,53)(H2,43,54)(H,44,58)(H,45,57)(H,46,55)(H,47,60)(H,48,61)(H,49,62)(H,50,59)(H,63,64)/t21-,22+,23-,24-,25-,26-,27-,32-,33-/m0/s1. The van der Waals surface area contributed by atoms with E-state index in [2.05, 4.69) is 37.2 Å². The molecule has 15 N–H and O–H groups in total. The number of nitrogens with one attached hydrogen (secondary N) is 7. The number of thioether (sulfide) groups is 1. The van der Waals surface area contributed by atoms with Crippen molar-refractivity contribution in [3.8, 4) is 0 Å². The minimum Gasteiger partial charge on any atom is -0.480 e. The highest BCUT2D eigenvalue weighted by atomic mass is 32.2. The highest BCUT2D eigenvalue weighted by Crippen LogP contribution is 2.18. The van der Waals surface area contributed by atoms with Crippen molar-refractivity contribution in [2.24, 2.45) is 29.0 Å². The number of hydrogen-bond acceptors (Lipinski definition) is 14. The minimum atomic E-state index is -1.73. The molecule has 1 aliphatic rings. The maximum Gasteiger partial charge on any atom is 0.326 e. The maximum atomic E-state index is 13.8. The van der Waals surface area contributed by atoms with E-state index in [1.807, 2.05) is 6.26 Å². The number of nitrogens with two attached hydrogens (primary N) is 3. The Bertz CT molecular complexity index is 1700. The largest absolute Gasteiger partial charge is 0.480 e.